The van der Waals surface area contributed by atoms with E-state index in [2.05, 4.69) is 9.97 Å². The Balaban J connectivity index is 1.46. The highest BCUT2D eigenvalue weighted by molar-refractivity contribution is 7.89. The number of piperazine rings is 1. The van der Waals surface area contributed by atoms with Crippen molar-refractivity contribution in [3.8, 4) is 0 Å². The van der Waals surface area contributed by atoms with Crippen LogP contribution in [0.2, 0.25) is 0 Å². The first kappa shape index (κ1) is 18.9. The van der Waals surface area contributed by atoms with Crippen molar-refractivity contribution in [1.29, 1.82) is 0 Å². The van der Waals surface area contributed by atoms with Gasteiger partial charge in [0.05, 0.1) is 0 Å². The van der Waals surface area contributed by atoms with E-state index >= 15 is 0 Å². The lowest BCUT2D eigenvalue weighted by atomic mass is 10.3. The maximum atomic E-state index is 12.8. The summed E-state index contributed by atoms with van der Waals surface area (Å²) in [6.07, 6.45) is 5.09. The van der Waals surface area contributed by atoms with Crippen molar-refractivity contribution in [2.45, 2.75) is 24.7 Å². The van der Waals surface area contributed by atoms with Gasteiger partial charge in [0.2, 0.25) is 16.0 Å². The predicted octanol–water partition coefficient (Wildman–Crippen LogP) is 1.12. The number of hydrogen-bond donors (Lipinski definition) is 0. The molecule has 28 heavy (non-hydrogen) atoms. The average Bonchev–Trinajstić information content (AvgIpc) is 3.39. The standard InChI is InChI=1S/C18H23N5O4S/c1-14-16(28(25,26)23-7-2-3-8-23)13-15(27-14)17(24)21-9-11-22(12-10-21)18-19-5-4-6-20-18/h4-6,13H,2-3,7-12H2,1H3. The third kappa shape index (κ3) is 3.49. The Labute approximate surface area is 164 Å². The van der Waals surface area contributed by atoms with Crippen LogP contribution in [0.15, 0.2) is 33.8 Å². The van der Waals surface area contributed by atoms with Crippen molar-refractivity contribution >= 4 is 21.9 Å². The van der Waals surface area contributed by atoms with Crippen LogP contribution in [-0.4, -0.2) is 72.8 Å². The van der Waals surface area contributed by atoms with Gasteiger partial charge >= 0.3 is 0 Å². The highest BCUT2D eigenvalue weighted by Gasteiger charge is 2.33. The minimum absolute atomic E-state index is 0.0692. The topological polar surface area (TPSA) is 99.9 Å². The summed E-state index contributed by atoms with van der Waals surface area (Å²) in [5.74, 6) is 0.674. The highest BCUT2D eigenvalue weighted by atomic mass is 32.2. The molecule has 0 radical (unpaired) electrons. The van der Waals surface area contributed by atoms with Gasteiger partial charge < -0.3 is 14.2 Å². The summed E-state index contributed by atoms with van der Waals surface area (Å²) in [4.78, 5) is 25.1. The molecule has 2 fully saturated rings. The Hall–Kier alpha value is -2.46. The van der Waals surface area contributed by atoms with Crippen LogP contribution in [0.3, 0.4) is 0 Å². The van der Waals surface area contributed by atoms with Gasteiger partial charge in [0.25, 0.3) is 5.91 Å². The first-order valence-electron chi connectivity index (χ1n) is 9.38. The molecular weight excluding hydrogens is 382 g/mol. The largest absolute Gasteiger partial charge is 0.455 e. The van der Waals surface area contributed by atoms with E-state index in [1.54, 1.807) is 30.3 Å². The van der Waals surface area contributed by atoms with Crippen molar-refractivity contribution in [3.05, 3.63) is 36.0 Å². The summed E-state index contributed by atoms with van der Waals surface area (Å²) >= 11 is 0. The molecular formula is C18H23N5O4S. The van der Waals surface area contributed by atoms with Crippen LogP contribution in [0.4, 0.5) is 5.95 Å². The molecule has 2 aliphatic rings. The molecule has 0 atom stereocenters. The number of anilines is 1. The molecule has 4 rings (SSSR count). The maximum Gasteiger partial charge on any atom is 0.289 e. The number of nitrogens with zero attached hydrogens (tertiary/aromatic N) is 5. The summed E-state index contributed by atoms with van der Waals surface area (Å²) < 4.78 is 32.6. The second kappa shape index (κ2) is 7.51. The first-order valence-corrected chi connectivity index (χ1v) is 10.8. The molecule has 0 spiro atoms. The van der Waals surface area contributed by atoms with Gasteiger partial charge in [0.15, 0.2) is 5.76 Å². The quantitative estimate of drug-likeness (QED) is 0.751. The van der Waals surface area contributed by atoms with Crippen LogP contribution in [0, 0.1) is 6.92 Å². The fourth-order valence-electron chi connectivity index (χ4n) is 3.61. The van der Waals surface area contributed by atoms with Gasteiger partial charge in [-0.1, -0.05) is 0 Å². The Morgan fingerprint density at radius 2 is 1.68 bits per heavy atom. The number of rotatable bonds is 4. The molecule has 0 aliphatic carbocycles. The van der Waals surface area contributed by atoms with E-state index < -0.39 is 10.0 Å². The normalized spacial score (nSPS) is 18.6. The van der Waals surface area contributed by atoms with Gasteiger partial charge in [0, 0.05) is 57.7 Å². The van der Waals surface area contributed by atoms with Gasteiger partial charge in [-0.3, -0.25) is 4.79 Å². The van der Waals surface area contributed by atoms with Gasteiger partial charge in [-0.05, 0) is 25.8 Å². The van der Waals surface area contributed by atoms with Crippen molar-refractivity contribution in [1.82, 2.24) is 19.2 Å². The minimum atomic E-state index is -3.61. The fraction of sp³-hybridized carbons (Fsp3) is 0.500. The van der Waals surface area contributed by atoms with Crippen molar-refractivity contribution < 1.29 is 17.6 Å². The molecule has 2 saturated heterocycles. The lowest BCUT2D eigenvalue weighted by Gasteiger charge is -2.34. The summed E-state index contributed by atoms with van der Waals surface area (Å²) in [6.45, 7) is 4.81. The van der Waals surface area contributed by atoms with Crippen LogP contribution >= 0.6 is 0 Å². The highest BCUT2D eigenvalue weighted by Crippen LogP contribution is 2.27. The van der Waals surface area contributed by atoms with Crippen LogP contribution in [0.1, 0.15) is 29.2 Å². The van der Waals surface area contributed by atoms with Crippen molar-refractivity contribution in [3.63, 3.8) is 0 Å². The fourth-order valence-corrected chi connectivity index (χ4v) is 5.29. The van der Waals surface area contributed by atoms with Crippen LogP contribution in [0.5, 0.6) is 0 Å². The minimum Gasteiger partial charge on any atom is -0.455 e. The Kier molecular flexibility index (Phi) is 5.07. The maximum absolute atomic E-state index is 12.8. The van der Waals surface area contributed by atoms with Crippen molar-refractivity contribution in [2.75, 3.05) is 44.2 Å². The number of amides is 1. The zero-order chi connectivity index (χ0) is 19.7. The molecule has 2 aliphatic heterocycles. The molecule has 9 nitrogen and oxygen atoms in total. The van der Waals surface area contributed by atoms with Crippen LogP contribution < -0.4 is 4.90 Å². The van der Waals surface area contributed by atoms with E-state index in [1.165, 1.54) is 10.4 Å². The van der Waals surface area contributed by atoms with E-state index in [1.807, 2.05) is 4.90 Å². The Bertz CT molecular complexity index is 946. The van der Waals surface area contributed by atoms with E-state index in [0.29, 0.717) is 45.2 Å². The number of carbonyl (C=O) groups excluding carboxylic acids is 1. The van der Waals surface area contributed by atoms with Crippen molar-refractivity contribution in [2.24, 2.45) is 0 Å². The second-order valence-corrected chi connectivity index (χ2v) is 8.88. The van der Waals surface area contributed by atoms with E-state index in [4.69, 9.17) is 4.42 Å². The molecule has 0 N–H and O–H groups in total. The Morgan fingerprint density at radius 1 is 1.04 bits per heavy atom. The van der Waals surface area contributed by atoms with Gasteiger partial charge in [-0.15, -0.1) is 0 Å². The second-order valence-electron chi connectivity index (χ2n) is 6.97. The predicted molar refractivity (Wildman–Crippen MR) is 102 cm³/mol. The SMILES string of the molecule is Cc1oc(C(=O)N2CCN(c3ncccn3)CC2)cc1S(=O)(=O)N1CCCC1. The molecule has 2 aromatic rings. The number of aromatic nitrogens is 2. The van der Waals surface area contributed by atoms with E-state index in [9.17, 15) is 13.2 Å². The Morgan fingerprint density at radius 3 is 2.32 bits per heavy atom. The summed E-state index contributed by atoms with van der Waals surface area (Å²) in [6, 6.07) is 3.13. The molecule has 4 heterocycles. The van der Waals surface area contributed by atoms with Gasteiger partial charge in [-0.2, -0.15) is 4.31 Å². The lowest BCUT2D eigenvalue weighted by molar-refractivity contribution is 0.0712. The van der Waals surface area contributed by atoms with Crippen LogP contribution in [0.25, 0.3) is 0 Å². The summed E-state index contributed by atoms with van der Waals surface area (Å²) in [7, 11) is -3.61. The summed E-state index contributed by atoms with van der Waals surface area (Å²) in [5, 5.41) is 0. The molecule has 2 aromatic heterocycles. The number of sulfonamides is 1. The third-order valence-corrected chi connectivity index (χ3v) is 7.17. The smallest absolute Gasteiger partial charge is 0.289 e. The molecule has 0 unspecified atom stereocenters. The number of hydrogen-bond acceptors (Lipinski definition) is 7. The monoisotopic (exact) mass is 405 g/mol. The molecule has 0 saturated carbocycles. The zero-order valence-corrected chi connectivity index (χ0v) is 16.6. The molecule has 0 bridgehead atoms. The number of aryl methyl sites for hydroxylation is 1. The molecule has 10 heteroatoms. The molecule has 150 valence electrons. The molecule has 0 aromatic carbocycles. The average molecular weight is 405 g/mol. The zero-order valence-electron chi connectivity index (χ0n) is 15.7. The number of carbonyl (C=O) groups is 1. The lowest BCUT2D eigenvalue weighted by Crippen LogP contribution is -2.49. The third-order valence-electron chi connectivity index (χ3n) is 5.17. The van der Waals surface area contributed by atoms with Gasteiger partial charge in [0.1, 0.15) is 10.7 Å². The number of furan rings is 1. The first-order chi connectivity index (χ1) is 13.5. The summed E-state index contributed by atoms with van der Waals surface area (Å²) in [5.41, 5.74) is 0. The van der Waals surface area contributed by atoms with Crippen LogP contribution in [-0.2, 0) is 10.0 Å². The molecule has 1 amide bonds. The van der Waals surface area contributed by atoms with Gasteiger partial charge in [-0.25, -0.2) is 18.4 Å². The van der Waals surface area contributed by atoms with E-state index in [0.717, 1.165) is 12.8 Å². The van der Waals surface area contributed by atoms with E-state index in [-0.39, 0.29) is 22.3 Å².